The molecule has 0 radical (unpaired) electrons. The minimum Gasteiger partial charge on any atom is -0.495 e. The summed E-state index contributed by atoms with van der Waals surface area (Å²) in [7, 11) is 1.58. The zero-order valence-electron chi connectivity index (χ0n) is 8.90. The van der Waals surface area contributed by atoms with E-state index >= 15 is 0 Å². The number of rotatable bonds is 6. The summed E-state index contributed by atoms with van der Waals surface area (Å²) in [6, 6.07) is 5.43. The van der Waals surface area contributed by atoms with Gasteiger partial charge < -0.3 is 14.6 Å². The van der Waals surface area contributed by atoms with Crippen molar-refractivity contribution in [2.75, 3.05) is 13.7 Å². The van der Waals surface area contributed by atoms with E-state index in [1.54, 1.807) is 13.2 Å². The lowest BCUT2D eigenvalue weighted by molar-refractivity contribution is -0.137. The summed E-state index contributed by atoms with van der Waals surface area (Å²) in [4.78, 5) is 10.3. The van der Waals surface area contributed by atoms with Crippen LogP contribution in [-0.2, 0) is 4.79 Å². The van der Waals surface area contributed by atoms with Crippen LogP contribution in [-0.4, -0.2) is 24.8 Å². The van der Waals surface area contributed by atoms with Crippen molar-refractivity contribution >= 4 is 21.9 Å². The fourth-order valence-corrected chi connectivity index (χ4v) is 1.71. The van der Waals surface area contributed by atoms with Crippen LogP contribution >= 0.6 is 15.9 Å². The van der Waals surface area contributed by atoms with Gasteiger partial charge in [0.2, 0.25) is 0 Å². The topological polar surface area (TPSA) is 55.8 Å². The highest BCUT2D eigenvalue weighted by Crippen LogP contribution is 2.33. The van der Waals surface area contributed by atoms with E-state index in [0.29, 0.717) is 24.5 Å². The van der Waals surface area contributed by atoms with Crippen LogP contribution in [0.3, 0.4) is 0 Å². The number of methoxy groups -OCH3 is 1. The van der Waals surface area contributed by atoms with E-state index in [2.05, 4.69) is 15.9 Å². The fourth-order valence-electron chi connectivity index (χ4n) is 1.17. The molecule has 1 rings (SSSR count). The molecular formula is C11H13BrO4. The van der Waals surface area contributed by atoms with E-state index in [9.17, 15) is 4.79 Å². The van der Waals surface area contributed by atoms with E-state index in [1.165, 1.54) is 0 Å². The highest BCUT2D eigenvalue weighted by molar-refractivity contribution is 9.10. The number of hydrogen-bond donors (Lipinski definition) is 1. The number of hydrogen-bond acceptors (Lipinski definition) is 3. The molecule has 0 heterocycles. The Morgan fingerprint density at radius 2 is 2.12 bits per heavy atom. The Labute approximate surface area is 102 Å². The molecule has 0 saturated carbocycles. The number of carbonyl (C=O) groups is 1. The predicted molar refractivity (Wildman–Crippen MR) is 63.1 cm³/mol. The highest BCUT2D eigenvalue weighted by atomic mass is 79.9. The van der Waals surface area contributed by atoms with Gasteiger partial charge in [-0.2, -0.15) is 0 Å². The lowest BCUT2D eigenvalue weighted by Crippen LogP contribution is -2.02. The fraction of sp³-hybridized carbons (Fsp3) is 0.364. The molecule has 0 atom stereocenters. The number of benzene rings is 1. The molecule has 0 amide bonds. The van der Waals surface area contributed by atoms with Gasteiger partial charge in [0.05, 0.1) is 13.7 Å². The third kappa shape index (κ3) is 3.73. The summed E-state index contributed by atoms with van der Waals surface area (Å²) in [5.74, 6) is 0.536. The second-order valence-corrected chi connectivity index (χ2v) is 3.91. The van der Waals surface area contributed by atoms with Gasteiger partial charge in [-0.25, -0.2) is 0 Å². The van der Waals surface area contributed by atoms with Crippen LogP contribution in [0.25, 0.3) is 0 Å². The Hall–Kier alpha value is -1.23. The number of ether oxygens (including phenoxy) is 2. The zero-order valence-corrected chi connectivity index (χ0v) is 10.5. The molecule has 0 unspecified atom stereocenters. The molecule has 0 spiro atoms. The second kappa shape index (κ2) is 6.37. The van der Waals surface area contributed by atoms with Gasteiger partial charge in [0.25, 0.3) is 0 Å². The molecule has 1 aromatic rings. The summed E-state index contributed by atoms with van der Waals surface area (Å²) < 4.78 is 11.3. The average Bonchev–Trinajstić information content (AvgIpc) is 2.26. The van der Waals surface area contributed by atoms with Crippen molar-refractivity contribution in [2.45, 2.75) is 12.8 Å². The number of halogens is 1. The molecule has 0 aliphatic heterocycles. The predicted octanol–water partition coefficient (Wildman–Crippen LogP) is 2.70. The zero-order chi connectivity index (χ0) is 12.0. The van der Waals surface area contributed by atoms with Gasteiger partial charge in [-0.05, 0) is 34.5 Å². The van der Waals surface area contributed by atoms with Crippen molar-refractivity contribution < 1.29 is 19.4 Å². The second-order valence-electron chi connectivity index (χ2n) is 3.12. The summed E-state index contributed by atoms with van der Waals surface area (Å²) in [5, 5.41) is 8.46. The van der Waals surface area contributed by atoms with Gasteiger partial charge >= 0.3 is 5.97 Å². The maximum absolute atomic E-state index is 10.3. The van der Waals surface area contributed by atoms with Gasteiger partial charge in [0.15, 0.2) is 0 Å². The minimum atomic E-state index is -0.812. The maximum Gasteiger partial charge on any atom is 0.303 e. The molecule has 1 aromatic carbocycles. The first-order valence-electron chi connectivity index (χ1n) is 4.82. The Balaban J connectivity index is 2.50. The van der Waals surface area contributed by atoms with E-state index in [-0.39, 0.29) is 6.42 Å². The molecule has 0 aliphatic rings. The normalized spacial score (nSPS) is 9.88. The van der Waals surface area contributed by atoms with Crippen molar-refractivity contribution in [3.05, 3.63) is 22.7 Å². The van der Waals surface area contributed by atoms with Crippen molar-refractivity contribution in [1.82, 2.24) is 0 Å². The molecule has 1 N–H and O–H groups in total. The standard InChI is InChI=1S/C11H13BrO4/c1-15-8-4-2-5-9(11(8)12)16-7-3-6-10(13)14/h2,4-5H,3,6-7H2,1H3,(H,13,14). The molecule has 0 saturated heterocycles. The van der Waals surface area contributed by atoms with Crippen LogP contribution in [0.2, 0.25) is 0 Å². The van der Waals surface area contributed by atoms with Crippen LogP contribution in [0.1, 0.15) is 12.8 Å². The quantitative estimate of drug-likeness (QED) is 0.818. The summed E-state index contributed by atoms with van der Waals surface area (Å²) in [6.45, 7) is 0.373. The molecule has 0 aromatic heterocycles. The number of aliphatic carboxylic acids is 1. The number of carboxylic acid groups (broad SMARTS) is 1. The van der Waals surface area contributed by atoms with Crippen molar-refractivity contribution in [3.63, 3.8) is 0 Å². The Morgan fingerprint density at radius 3 is 2.75 bits per heavy atom. The molecule has 0 fully saturated rings. The lowest BCUT2D eigenvalue weighted by atomic mass is 10.3. The molecule has 5 heteroatoms. The van der Waals surface area contributed by atoms with Gasteiger partial charge in [-0.3, -0.25) is 4.79 Å². The smallest absolute Gasteiger partial charge is 0.303 e. The first-order chi connectivity index (χ1) is 7.65. The van der Waals surface area contributed by atoms with Gasteiger partial charge in [-0.1, -0.05) is 6.07 Å². The van der Waals surface area contributed by atoms with Gasteiger partial charge in [0.1, 0.15) is 16.0 Å². The van der Waals surface area contributed by atoms with Gasteiger partial charge in [-0.15, -0.1) is 0 Å². The first-order valence-corrected chi connectivity index (χ1v) is 5.61. The van der Waals surface area contributed by atoms with Crippen LogP contribution in [0.15, 0.2) is 22.7 Å². The van der Waals surface area contributed by atoms with Crippen LogP contribution in [0.4, 0.5) is 0 Å². The third-order valence-electron chi connectivity index (χ3n) is 1.94. The Morgan fingerprint density at radius 1 is 1.44 bits per heavy atom. The monoisotopic (exact) mass is 288 g/mol. The molecule has 16 heavy (non-hydrogen) atoms. The highest BCUT2D eigenvalue weighted by Gasteiger charge is 2.06. The lowest BCUT2D eigenvalue weighted by Gasteiger charge is -2.10. The van der Waals surface area contributed by atoms with Gasteiger partial charge in [0, 0.05) is 6.42 Å². The minimum absolute atomic E-state index is 0.113. The largest absolute Gasteiger partial charge is 0.495 e. The molecule has 0 aliphatic carbocycles. The van der Waals surface area contributed by atoms with Crippen LogP contribution in [0.5, 0.6) is 11.5 Å². The maximum atomic E-state index is 10.3. The van der Waals surface area contributed by atoms with Crippen LogP contribution in [0, 0.1) is 0 Å². The number of carboxylic acids is 1. The molecule has 0 bridgehead atoms. The van der Waals surface area contributed by atoms with E-state index in [4.69, 9.17) is 14.6 Å². The van der Waals surface area contributed by atoms with E-state index in [1.807, 2.05) is 12.1 Å². The van der Waals surface area contributed by atoms with Crippen molar-refractivity contribution in [2.24, 2.45) is 0 Å². The van der Waals surface area contributed by atoms with E-state index in [0.717, 1.165) is 4.47 Å². The van der Waals surface area contributed by atoms with E-state index < -0.39 is 5.97 Å². The summed E-state index contributed by atoms with van der Waals surface area (Å²) in [5.41, 5.74) is 0. The summed E-state index contributed by atoms with van der Waals surface area (Å²) in [6.07, 6.45) is 0.598. The van der Waals surface area contributed by atoms with Crippen LogP contribution < -0.4 is 9.47 Å². The van der Waals surface area contributed by atoms with Crippen molar-refractivity contribution in [3.8, 4) is 11.5 Å². The molecular weight excluding hydrogens is 276 g/mol. The Kier molecular flexibility index (Phi) is 5.11. The Bertz CT molecular complexity index is 365. The molecule has 4 nitrogen and oxygen atoms in total. The molecule has 88 valence electrons. The summed E-state index contributed by atoms with van der Waals surface area (Å²) >= 11 is 3.36. The first kappa shape index (κ1) is 12.8. The third-order valence-corrected chi connectivity index (χ3v) is 2.72. The van der Waals surface area contributed by atoms with Crippen molar-refractivity contribution in [1.29, 1.82) is 0 Å². The average molecular weight is 289 g/mol. The SMILES string of the molecule is COc1cccc(OCCCC(=O)O)c1Br.